The third-order valence-electron chi connectivity index (χ3n) is 8.59. The van der Waals surface area contributed by atoms with E-state index in [2.05, 4.69) is 157 Å². The van der Waals surface area contributed by atoms with Crippen LogP contribution < -0.4 is 4.90 Å². The summed E-state index contributed by atoms with van der Waals surface area (Å²) < 4.78 is 2.65. The van der Waals surface area contributed by atoms with Gasteiger partial charge >= 0.3 is 0 Å². The van der Waals surface area contributed by atoms with Crippen LogP contribution in [0, 0.1) is 0 Å². The topological polar surface area (TPSA) is 3.24 Å². The van der Waals surface area contributed by atoms with Gasteiger partial charge in [-0.25, -0.2) is 0 Å². The maximum Gasteiger partial charge on any atom is 0.0540 e. The minimum absolute atomic E-state index is 1.15. The van der Waals surface area contributed by atoms with Crippen molar-refractivity contribution in [3.63, 3.8) is 0 Å². The molecule has 0 atom stereocenters. The summed E-state index contributed by atoms with van der Waals surface area (Å²) in [6, 6.07) is 55.5. The van der Waals surface area contributed by atoms with Crippen molar-refractivity contribution in [3.8, 4) is 0 Å². The Labute approximate surface area is 247 Å². The molecule has 0 radical (unpaired) electrons. The van der Waals surface area contributed by atoms with E-state index in [1.165, 1.54) is 74.6 Å². The van der Waals surface area contributed by atoms with Crippen LogP contribution in [-0.2, 0) is 0 Å². The number of benzene rings is 8. The molecule has 0 saturated heterocycles. The van der Waals surface area contributed by atoms with Gasteiger partial charge in [0.15, 0.2) is 0 Å². The lowest BCUT2D eigenvalue weighted by atomic mass is 9.95. The molecule has 0 bridgehead atoms. The summed E-state index contributed by atoms with van der Waals surface area (Å²) in [4.78, 5) is 2.45. The van der Waals surface area contributed by atoms with Gasteiger partial charge in [-0.3, -0.25) is 0 Å². The van der Waals surface area contributed by atoms with Crippen LogP contribution in [0.1, 0.15) is 0 Å². The smallest absolute Gasteiger partial charge is 0.0540 e. The van der Waals surface area contributed by atoms with Crippen LogP contribution in [0.15, 0.2) is 152 Å². The van der Waals surface area contributed by atoms with Crippen LogP contribution in [-0.4, -0.2) is 0 Å². The first-order valence-electron chi connectivity index (χ1n) is 14.4. The fraction of sp³-hybridized carbons (Fsp3) is 0. The van der Waals surface area contributed by atoms with Gasteiger partial charge in [0.05, 0.1) is 11.4 Å². The first-order chi connectivity index (χ1) is 20.8. The maximum absolute atomic E-state index is 2.45. The minimum Gasteiger partial charge on any atom is -0.309 e. The molecule has 9 rings (SSSR count). The highest BCUT2D eigenvalue weighted by Crippen LogP contribution is 2.45. The van der Waals surface area contributed by atoms with Crippen molar-refractivity contribution in [2.45, 2.75) is 0 Å². The van der Waals surface area contributed by atoms with E-state index in [4.69, 9.17) is 0 Å². The Morgan fingerprint density at radius 1 is 0.357 bits per heavy atom. The summed E-state index contributed by atoms with van der Waals surface area (Å²) >= 11 is 1.88. The maximum atomic E-state index is 2.45. The third-order valence-corrected chi connectivity index (χ3v) is 9.73. The van der Waals surface area contributed by atoms with Crippen LogP contribution in [0.2, 0.25) is 0 Å². The zero-order valence-electron chi connectivity index (χ0n) is 22.8. The van der Waals surface area contributed by atoms with Gasteiger partial charge < -0.3 is 4.90 Å². The molecule has 9 aromatic rings. The van der Waals surface area contributed by atoms with Crippen LogP contribution in [0.25, 0.3) is 63.3 Å². The molecule has 0 aliphatic heterocycles. The summed E-state index contributed by atoms with van der Waals surface area (Å²) in [5.41, 5.74) is 3.51. The second-order valence-electron chi connectivity index (χ2n) is 10.9. The molecule has 2 heteroatoms. The van der Waals surface area contributed by atoms with Crippen molar-refractivity contribution >= 4 is 91.7 Å². The Bertz CT molecular complexity index is 2470. The van der Waals surface area contributed by atoms with Crippen LogP contribution in [0.3, 0.4) is 0 Å². The number of hydrogen-bond donors (Lipinski definition) is 0. The molecule has 8 aromatic carbocycles. The number of rotatable bonds is 3. The van der Waals surface area contributed by atoms with Gasteiger partial charge in [0.25, 0.3) is 0 Å². The van der Waals surface area contributed by atoms with Gasteiger partial charge in [0.2, 0.25) is 0 Å². The first-order valence-corrected chi connectivity index (χ1v) is 15.2. The first kappa shape index (κ1) is 23.5. The SMILES string of the molecule is c1ccc(N(c2cccc3cc4c(cc23)sc2ccccc24)c2cccc3c2ccc2ccc4ccccc4c23)cc1. The highest BCUT2D eigenvalue weighted by Gasteiger charge is 2.19. The Morgan fingerprint density at radius 2 is 1.02 bits per heavy atom. The van der Waals surface area contributed by atoms with Gasteiger partial charge in [-0.05, 0) is 74.8 Å². The van der Waals surface area contributed by atoms with E-state index in [0.29, 0.717) is 0 Å². The molecule has 1 heterocycles. The molecule has 1 aromatic heterocycles. The zero-order chi connectivity index (χ0) is 27.6. The number of fused-ring (bicyclic) bond motifs is 9. The molecule has 0 aliphatic carbocycles. The summed E-state index contributed by atoms with van der Waals surface area (Å²) in [6.45, 7) is 0. The molecular weight excluding hydrogens is 527 g/mol. The predicted octanol–water partition coefficient (Wildman–Crippen LogP) is 12.1. The lowest BCUT2D eigenvalue weighted by molar-refractivity contribution is 1.31. The Morgan fingerprint density at radius 3 is 1.93 bits per heavy atom. The molecular formula is C40H25NS. The fourth-order valence-corrected chi connectivity index (χ4v) is 7.83. The van der Waals surface area contributed by atoms with E-state index in [1.807, 2.05) is 11.3 Å². The van der Waals surface area contributed by atoms with Crippen molar-refractivity contribution in [2.75, 3.05) is 4.90 Å². The lowest BCUT2D eigenvalue weighted by Gasteiger charge is -2.28. The highest BCUT2D eigenvalue weighted by atomic mass is 32.1. The second kappa shape index (κ2) is 9.17. The standard InChI is InChI=1S/C40H25NS/c1-2-12-29(13-3-1)41(37-17-8-11-28-24-35-32-15-6-7-19-38(32)42-39(35)25-34(28)37)36-18-9-16-33-31(36)23-22-27-21-20-26-10-4-5-14-30(26)40(27)33/h1-25H. The molecule has 0 amide bonds. The Balaban J connectivity index is 1.37. The normalized spacial score (nSPS) is 11.8. The van der Waals surface area contributed by atoms with E-state index >= 15 is 0 Å². The summed E-state index contributed by atoms with van der Waals surface area (Å²) in [6.07, 6.45) is 0. The van der Waals surface area contributed by atoms with E-state index in [1.54, 1.807) is 0 Å². The number of nitrogens with zero attached hydrogens (tertiary/aromatic N) is 1. The van der Waals surface area contributed by atoms with Gasteiger partial charge in [0, 0.05) is 36.6 Å². The molecule has 0 aliphatic rings. The van der Waals surface area contributed by atoms with Crippen molar-refractivity contribution < 1.29 is 0 Å². The molecule has 0 N–H and O–H groups in total. The molecule has 0 spiro atoms. The third kappa shape index (κ3) is 3.49. The molecule has 1 nitrogen and oxygen atoms in total. The van der Waals surface area contributed by atoms with Crippen molar-refractivity contribution in [3.05, 3.63) is 152 Å². The monoisotopic (exact) mass is 551 g/mol. The summed E-state index contributed by atoms with van der Waals surface area (Å²) in [5.74, 6) is 0. The molecule has 196 valence electrons. The number of anilines is 3. The Hall–Kier alpha value is -5.18. The average molecular weight is 552 g/mol. The van der Waals surface area contributed by atoms with Gasteiger partial charge in [-0.15, -0.1) is 11.3 Å². The molecule has 42 heavy (non-hydrogen) atoms. The van der Waals surface area contributed by atoms with E-state index < -0.39 is 0 Å². The van der Waals surface area contributed by atoms with Crippen molar-refractivity contribution in [1.29, 1.82) is 0 Å². The fourth-order valence-electron chi connectivity index (χ4n) is 6.70. The van der Waals surface area contributed by atoms with Crippen LogP contribution >= 0.6 is 11.3 Å². The predicted molar refractivity (Wildman–Crippen MR) is 184 cm³/mol. The van der Waals surface area contributed by atoms with E-state index in [0.717, 1.165) is 5.69 Å². The van der Waals surface area contributed by atoms with Gasteiger partial charge in [-0.2, -0.15) is 0 Å². The van der Waals surface area contributed by atoms with Crippen LogP contribution in [0.5, 0.6) is 0 Å². The summed E-state index contributed by atoms with van der Waals surface area (Å²) in [7, 11) is 0. The van der Waals surface area contributed by atoms with Crippen molar-refractivity contribution in [1.82, 2.24) is 0 Å². The largest absolute Gasteiger partial charge is 0.309 e. The quantitative estimate of drug-likeness (QED) is 0.197. The van der Waals surface area contributed by atoms with Gasteiger partial charge in [0.1, 0.15) is 0 Å². The van der Waals surface area contributed by atoms with Gasteiger partial charge in [-0.1, -0.05) is 109 Å². The lowest BCUT2D eigenvalue weighted by Crippen LogP contribution is -2.11. The minimum atomic E-state index is 1.15. The molecule has 0 unspecified atom stereocenters. The van der Waals surface area contributed by atoms with Crippen molar-refractivity contribution in [2.24, 2.45) is 0 Å². The average Bonchev–Trinajstić information content (AvgIpc) is 3.41. The number of para-hydroxylation sites is 1. The summed E-state index contributed by atoms with van der Waals surface area (Å²) in [5, 5.41) is 12.8. The van der Waals surface area contributed by atoms with Crippen LogP contribution in [0.4, 0.5) is 17.1 Å². The molecule has 0 fully saturated rings. The number of thiophene rings is 1. The Kier molecular flexibility index (Phi) is 5.13. The number of hydrogen-bond acceptors (Lipinski definition) is 2. The van der Waals surface area contributed by atoms with E-state index in [-0.39, 0.29) is 0 Å². The molecule has 0 saturated carbocycles. The second-order valence-corrected chi connectivity index (χ2v) is 12.0. The highest BCUT2D eigenvalue weighted by molar-refractivity contribution is 7.25. The zero-order valence-corrected chi connectivity index (χ0v) is 23.6. The van der Waals surface area contributed by atoms with E-state index in [9.17, 15) is 0 Å².